The molecule has 0 saturated carbocycles. The van der Waals surface area contributed by atoms with Crippen molar-refractivity contribution in [1.29, 1.82) is 0 Å². The summed E-state index contributed by atoms with van der Waals surface area (Å²) in [6.45, 7) is 7.05. The predicted octanol–water partition coefficient (Wildman–Crippen LogP) is 2.53. The number of amides is 1. The first-order chi connectivity index (χ1) is 9.72. The van der Waals surface area contributed by atoms with Crippen LogP contribution in [-0.2, 0) is 11.2 Å². The predicted molar refractivity (Wildman–Crippen MR) is 82.8 cm³/mol. The van der Waals surface area contributed by atoms with Crippen LogP contribution in [0, 0.1) is 6.92 Å². The van der Waals surface area contributed by atoms with Crippen LogP contribution in [0.2, 0.25) is 0 Å². The molecule has 1 N–H and O–H groups in total. The average molecular weight is 274 g/mol. The van der Waals surface area contributed by atoms with Crippen molar-refractivity contribution in [3.63, 3.8) is 0 Å². The van der Waals surface area contributed by atoms with Crippen molar-refractivity contribution in [2.45, 2.75) is 45.6 Å². The van der Waals surface area contributed by atoms with Gasteiger partial charge in [-0.25, -0.2) is 0 Å². The highest BCUT2D eigenvalue weighted by molar-refractivity contribution is 5.76. The Kier molecular flexibility index (Phi) is 5.60. The van der Waals surface area contributed by atoms with Gasteiger partial charge in [-0.15, -0.1) is 0 Å². The molecule has 1 aliphatic rings. The van der Waals surface area contributed by atoms with Crippen LogP contribution < -0.4 is 5.32 Å². The van der Waals surface area contributed by atoms with Gasteiger partial charge in [-0.1, -0.05) is 24.3 Å². The zero-order valence-electron chi connectivity index (χ0n) is 12.7. The topological polar surface area (TPSA) is 32.3 Å². The lowest BCUT2D eigenvalue weighted by atomic mass is 10.0. The first kappa shape index (κ1) is 15.0. The standard InChI is InChI=1S/C17H26N2O/c1-3-19(16-9-6-12-18-13-16)17(20)11-10-15-8-5-4-7-14(15)2/h4-5,7-8,16,18H,3,6,9-13H2,1-2H3. The Balaban J connectivity index is 1.90. The number of aryl methyl sites for hydroxylation is 2. The number of hydrogen-bond acceptors (Lipinski definition) is 2. The van der Waals surface area contributed by atoms with E-state index >= 15 is 0 Å². The number of nitrogens with zero attached hydrogens (tertiary/aromatic N) is 1. The largest absolute Gasteiger partial charge is 0.339 e. The summed E-state index contributed by atoms with van der Waals surface area (Å²) in [4.78, 5) is 14.5. The van der Waals surface area contributed by atoms with Gasteiger partial charge in [-0.3, -0.25) is 4.79 Å². The molecule has 0 radical (unpaired) electrons. The van der Waals surface area contributed by atoms with Gasteiger partial charge in [-0.05, 0) is 50.8 Å². The second-order valence-corrected chi connectivity index (χ2v) is 5.61. The van der Waals surface area contributed by atoms with Crippen molar-refractivity contribution in [3.8, 4) is 0 Å². The van der Waals surface area contributed by atoms with Gasteiger partial charge in [0.2, 0.25) is 5.91 Å². The first-order valence-corrected chi connectivity index (χ1v) is 7.77. The van der Waals surface area contributed by atoms with E-state index in [-0.39, 0.29) is 0 Å². The molecule has 1 aromatic carbocycles. The van der Waals surface area contributed by atoms with Gasteiger partial charge in [0.05, 0.1) is 0 Å². The SMILES string of the molecule is CCN(C(=O)CCc1ccccc1C)C1CCCNC1. The third-order valence-corrected chi connectivity index (χ3v) is 4.24. The molecule has 1 saturated heterocycles. The summed E-state index contributed by atoms with van der Waals surface area (Å²) in [6, 6.07) is 8.73. The Morgan fingerprint density at radius 1 is 1.40 bits per heavy atom. The smallest absolute Gasteiger partial charge is 0.223 e. The van der Waals surface area contributed by atoms with E-state index in [9.17, 15) is 4.79 Å². The fraction of sp³-hybridized carbons (Fsp3) is 0.588. The van der Waals surface area contributed by atoms with Gasteiger partial charge >= 0.3 is 0 Å². The summed E-state index contributed by atoms with van der Waals surface area (Å²) in [5.74, 6) is 0.296. The number of hydrogen-bond donors (Lipinski definition) is 1. The van der Waals surface area contributed by atoms with E-state index in [4.69, 9.17) is 0 Å². The number of rotatable bonds is 5. The van der Waals surface area contributed by atoms with Crippen LogP contribution in [0.3, 0.4) is 0 Å². The molecule has 0 aliphatic carbocycles. The molecule has 1 fully saturated rings. The molecule has 0 aromatic heterocycles. The molecule has 20 heavy (non-hydrogen) atoms. The summed E-state index contributed by atoms with van der Waals surface area (Å²) in [6.07, 6.45) is 3.78. The van der Waals surface area contributed by atoms with E-state index < -0.39 is 0 Å². The molecule has 1 atom stereocenters. The van der Waals surface area contributed by atoms with Crippen LogP contribution >= 0.6 is 0 Å². The Hall–Kier alpha value is -1.35. The highest BCUT2D eigenvalue weighted by atomic mass is 16.2. The van der Waals surface area contributed by atoms with Gasteiger partial charge < -0.3 is 10.2 Å². The van der Waals surface area contributed by atoms with E-state index in [1.165, 1.54) is 17.5 Å². The summed E-state index contributed by atoms with van der Waals surface area (Å²) < 4.78 is 0. The Bertz CT molecular complexity index is 438. The van der Waals surface area contributed by atoms with Crippen LogP contribution in [0.25, 0.3) is 0 Å². The van der Waals surface area contributed by atoms with E-state index in [2.05, 4.69) is 42.3 Å². The summed E-state index contributed by atoms with van der Waals surface area (Å²) >= 11 is 0. The molecule has 1 aromatic rings. The maximum atomic E-state index is 12.5. The summed E-state index contributed by atoms with van der Waals surface area (Å²) in [5, 5.41) is 3.39. The maximum absolute atomic E-state index is 12.5. The van der Waals surface area contributed by atoms with Gasteiger partial charge in [0.15, 0.2) is 0 Å². The van der Waals surface area contributed by atoms with Gasteiger partial charge in [0, 0.05) is 25.6 Å². The fourth-order valence-electron chi connectivity index (χ4n) is 3.01. The van der Waals surface area contributed by atoms with Gasteiger partial charge in [0.1, 0.15) is 0 Å². The van der Waals surface area contributed by atoms with Crippen LogP contribution in [0.1, 0.15) is 37.3 Å². The van der Waals surface area contributed by atoms with Crippen molar-refractivity contribution < 1.29 is 4.79 Å². The third-order valence-electron chi connectivity index (χ3n) is 4.24. The monoisotopic (exact) mass is 274 g/mol. The van der Waals surface area contributed by atoms with E-state index in [0.717, 1.165) is 32.5 Å². The number of carbonyl (C=O) groups excluding carboxylic acids is 1. The second kappa shape index (κ2) is 7.44. The molecule has 0 spiro atoms. The van der Waals surface area contributed by atoms with Crippen molar-refractivity contribution in [1.82, 2.24) is 10.2 Å². The highest BCUT2D eigenvalue weighted by Crippen LogP contribution is 2.14. The Labute approximate surface area is 122 Å². The molecule has 1 heterocycles. The molecule has 2 rings (SSSR count). The lowest BCUT2D eigenvalue weighted by Gasteiger charge is -2.34. The number of likely N-dealkylation sites (N-methyl/N-ethyl adjacent to an activating group) is 1. The second-order valence-electron chi connectivity index (χ2n) is 5.61. The molecule has 3 nitrogen and oxygen atoms in total. The minimum Gasteiger partial charge on any atom is -0.339 e. The minimum absolute atomic E-state index is 0.296. The highest BCUT2D eigenvalue weighted by Gasteiger charge is 2.23. The molecule has 1 aliphatic heterocycles. The van der Waals surface area contributed by atoms with Crippen molar-refractivity contribution >= 4 is 5.91 Å². The number of carbonyl (C=O) groups is 1. The molecule has 110 valence electrons. The van der Waals surface area contributed by atoms with Crippen molar-refractivity contribution in [3.05, 3.63) is 35.4 Å². The van der Waals surface area contributed by atoms with Crippen molar-refractivity contribution in [2.75, 3.05) is 19.6 Å². The molecular weight excluding hydrogens is 248 g/mol. The van der Waals surface area contributed by atoms with Crippen LogP contribution in [0.15, 0.2) is 24.3 Å². The third kappa shape index (κ3) is 3.83. The lowest BCUT2D eigenvalue weighted by Crippen LogP contribution is -2.48. The van der Waals surface area contributed by atoms with E-state index in [0.29, 0.717) is 18.4 Å². The quantitative estimate of drug-likeness (QED) is 0.895. The van der Waals surface area contributed by atoms with E-state index in [1.807, 2.05) is 6.07 Å². The van der Waals surface area contributed by atoms with Crippen LogP contribution in [-0.4, -0.2) is 36.5 Å². The van der Waals surface area contributed by atoms with Gasteiger partial charge in [0.25, 0.3) is 0 Å². The Morgan fingerprint density at radius 2 is 2.20 bits per heavy atom. The minimum atomic E-state index is 0.296. The zero-order valence-corrected chi connectivity index (χ0v) is 12.7. The summed E-state index contributed by atoms with van der Waals surface area (Å²) in [5.41, 5.74) is 2.57. The molecular formula is C17H26N2O. The number of benzene rings is 1. The van der Waals surface area contributed by atoms with Crippen LogP contribution in [0.4, 0.5) is 0 Å². The maximum Gasteiger partial charge on any atom is 0.223 e. The number of nitrogens with one attached hydrogen (secondary N) is 1. The summed E-state index contributed by atoms with van der Waals surface area (Å²) in [7, 11) is 0. The van der Waals surface area contributed by atoms with Crippen LogP contribution in [0.5, 0.6) is 0 Å². The lowest BCUT2D eigenvalue weighted by molar-refractivity contribution is -0.133. The fourth-order valence-corrected chi connectivity index (χ4v) is 3.01. The molecule has 0 bridgehead atoms. The molecule has 1 amide bonds. The van der Waals surface area contributed by atoms with E-state index in [1.54, 1.807) is 0 Å². The zero-order chi connectivity index (χ0) is 14.4. The molecule has 3 heteroatoms. The Morgan fingerprint density at radius 3 is 2.85 bits per heavy atom. The van der Waals surface area contributed by atoms with Gasteiger partial charge in [-0.2, -0.15) is 0 Å². The average Bonchev–Trinajstić information content (AvgIpc) is 2.48. The molecule has 1 unspecified atom stereocenters. The van der Waals surface area contributed by atoms with Crippen molar-refractivity contribution in [2.24, 2.45) is 0 Å². The first-order valence-electron chi connectivity index (χ1n) is 7.77. The number of piperidine rings is 1. The normalized spacial score (nSPS) is 18.8.